The van der Waals surface area contributed by atoms with E-state index in [4.69, 9.17) is 4.74 Å². The van der Waals surface area contributed by atoms with E-state index in [9.17, 15) is 14.4 Å². The molecule has 29 heavy (non-hydrogen) atoms. The van der Waals surface area contributed by atoms with Gasteiger partial charge in [0.05, 0.1) is 19.3 Å². The highest BCUT2D eigenvalue weighted by molar-refractivity contribution is 5.95. The van der Waals surface area contributed by atoms with Crippen molar-refractivity contribution < 1.29 is 18.8 Å². The zero-order valence-corrected chi connectivity index (χ0v) is 15.7. The van der Waals surface area contributed by atoms with Crippen molar-refractivity contribution in [1.29, 1.82) is 0 Å². The van der Waals surface area contributed by atoms with Gasteiger partial charge in [0.25, 0.3) is 0 Å². The molecule has 0 aliphatic heterocycles. The summed E-state index contributed by atoms with van der Waals surface area (Å²) in [6, 6.07) is 6.93. The van der Waals surface area contributed by atoms with E-state index in [1.54, 1.807) is 18.2 Å². The Kier molecular flexibility index (Phi) is 5.97. The van der Waals surface area contributed by atoms with Gasteiger partial charge in [0.2, 0.25) is 17.6 Å². The van der Waals surface area contributed by atoms with Crippen molar-refractivity contribution in [3.8, 4) is 17.4 Å². The number of ether oxygens (including phenoxy) is 1. The lowest BCUT2D eigenvalue weighted by Crippen LogP contribution is -2.36. The molecule has 1 aromatic carbocycles. The predicted octanol–water partition coefficient (Wildman–Crippen LogP) is 0.365. The van der Waals surface area contributed by atoms with Crippen molar-refractivity contribution in [2.45, 2.75) is 13.5 Å². The number of methoxy groups -OCH3 is 1. The Balaban J connectivity index is 1.61. The van der Waals surface area contributed by atoms with Gasteiger partial charge in [0, 0.05) is 12.4 Å². The smallest absolute Gasteiger partial charge is 0.442 e. The highest BCUT2D eigenvalue weighted by Gasteiger charge is 2.18. The van der Waals surface area contributed by atoms with Crippen LogP contribution in [0.4, 0.5) is 5.69 Å². The van der Waals surface area contributed by atoms with Crippen molar-refractivity contribution in [2.24, 2.45) is 0 Å². The van der Waals surface area contributed by atoms with Crippen LogP contribution >= 0.6 is 0 Å². The number of rotatable bonds is 7. The Hall–Kier alpha value is -4.02. The minimum Gasteiger partial charge on any atom is -0.495 e. The van der Waals surface area contributed by atoms with E-state index < -0.39 is 24.1 Å². The van der Waals surface area contributed by atoms with Gasteiger partial charge < -0.3 is 15.4 Å². The fourth-order valence-electron chi connectivity index (χ4n) is 2.48. The second-order valence-corrected chi connectivity index (χ2v) is 5.96. The number of carbonyl (C=O) groups is 2. The van der Waals surface area contributed by atoms with Crippen LogP contribution < -0.4 is 21.1 Å². The number of hydrogen-bond acceptors (Lipinski definition) is 8. The van der Waals surface area contributed by atoms with Crippen LogP contribution in [0.1, 0.15) is 5.56 Å². The summed E-state index contributed by atoms with van der Waals surface area (Å²) in [6.45, 7) is 1.17. The lowest BCUT2D eigenvalue weighted by atomic mass is 10.2. The van der Waals surface area contributed by atoms with E-state index in [1.165, 1.54) is 19.5 Å². The van der Waals surface area contributed by atoms with Crippen molar-refractivity contribution >= 4 is 17.5 Å². The standard InChI is InChI=1S/C18H18N6O5/c1-11-4-5-13(28-2)12(8-11)22-14(25)9-21-15(26)10-24-17(23-29-18(24)27)16-19-6-3-7-20-16/h3-8H,9-10H2,1-2H3,(H,21,26)(H,22,25). The van der Waals surface area contributed by atoms with Crippen molar-refractivity contribution in [3.63, 3.8) is 0 Å². The quantitative estimate of drug-likeness (QED) is 0.581. The Bertz CT molecular complexity index is 1080. The molecule has 0 aliphatic rings. The van der Waals surface area contributed by atoms with E-state index in [0.717, 1.165) is 10.1 Å². The molecule has 0 fully saturated rings. The molecular formula is C18H18N6O5. The van der Waals surface area contributed by atoms with Gasteiger partial charge >= 0.3 is 5.76 Å². The molecular weight excluding hydrogens is 380 g/mol. The molecule has 3 rings (SSSR count). The summed E-state index contributed by atoms with van der Waals surface area (Å²) in [4.78, 5) is 44.1. The third-order valence-electron chi connectivity index (χ3n) is 3.83. The molecule has 0 atom stereocenters. The second kappa shape index (κ2) is 8.78. The lowest BCUT2D eigenvalue weighted by molar-refractivity contribution is -0.124. The molecule has 2 N–H and O–H groups in total. The number of aromatic nitrogens is 4. The summed E-state index contributed by atoms with van der Waals surface area (Å²) in [5.74, 6) is -1.23. The van der Waals surface area contributed by atoms with E-state index in [0.29, 0.717) is 11.4 Å². The summed E-state index contributed by atoms with van der Waals surface area (Å²) in [7, 11) is 1.49. The van der Waals surface area contributed by atoms with E-state index in [1.807, 2.05) is 13.0 Å². The highest BCUT2D eigenvalue weighted by atomic mass is 16.5. The SMILES string of the molecule is COc1ccc(C)cc1NC(=O)CNC(=O)Cn1c(-c2ncccn2)noc1=O. The molecule has 0 unspecified atom stereocenters. The lowest BCUT2D eigenvalue weighted by Gasteiger charge is -2.11. The third kappa shape index (κ3) is 4.83. The van der Waals surface area contributed by atoms with Gasteiger partial charge in [0.1, 0.15) is 12.3 Å². The van der Waals surface area contributed by atoms with E-state index >= 15 is 0 Å². The largest absolute Gasteiger partial charge is 0.495 e. The highest BCUT2D eigenvalue weighted by Crippen LogP contribution is 2.24. The Morgan fingerprint density at radius 2 is 1.97 bits per heavy atom. The van der Waals surface area contributed by atoms with Crippen LogP contribution in [0, 0.1) is 6.92 Å². The number of hydrogen-bond donors (Lipinski definition) is 2. The predicted molar refractivity (Wildman–Crippen MR) is 101 cm³/mol. The van der Waals surface area contributed by atoms with Crippen LogP contribution in [-0.4, -0.2) is 45.2 Å². The van der Waals surface area contributed by atoms with Gasteiger partial charge in [-0.1, -0.05) is 11.2 Å². The summed E-state index contributed by atoms with van der Waals surface area (Å²) >= 11 is 0. The van der Waals surface area contributed by atoms with Crippen molar-refractivity contribution in [1.82, 2.24) is 25.0 Å². The maximum atomic E-state index is 12.2. The zero-order chi connectivity index (χ0) is 20.8. The van der Waals surface area contributed by atoms with Crippen molar-refractivity contribution in [3.05, 3.63) is 52.8 Å². The topological polar surface area (TPSA) is 141 Å². The van der Waals surface area contributed by atoms with Crippen LogP contribution in [0.2, 0.25) is 0 Å². The van der Waals surface area contributed by atoms with Gasteiger partial charge in [-0.3, -0.25) is 14.1 Å². The third-order valence-corrected chi connectivity index (χ3v) is 3.83. The Morgan fingerprint density at radius 1 is 1.21 bits per heavy atom. The van der Waals surface area contributed by atoms with Gasteiger partial charge in [0.15, 0.2) is 5.82 Å². The molecule has 11 nitrogen and oxygen atoms in total. The summed E-state index contributed by atoms with van der Waals surface area (Å²) in [6.07, 6.45) is 2.94. The van der Waals surface area contributed by atoms with Gasteiger partial charge in [-0.15, -0.1) is 0 Å². The summed E-state index contributed by atoms with van der Waals surface area (Å²) < 4.78 is 10.8. The molecule has 0 radical (unpaired) electrons. The molecule has 0 saturated carbocycles. The fourth-order valence-corrected chi connectivity index (χ4v) is 2.48. The molecule has 0 aliphatic carbocycles. The molecule has 2 amide bonds. The molecule has 2 aromatic heterocycles. The van der Waals surface area contributed by atoms with Crippen LogP contribution in [0.3, 0.4) is 0 Å². The molecule has 11 heteroatoms. The minimum absolute atomic E-state index is 0.0136. The normalized spacial score (nSPS) is 10.4. The first-order valence-electron chi connectivity index (χ1n) is 8.53. The Morgan fingerprint density at radius 3 is 2.69 bits per heavy atom. The van der Waals surface area contributed by atoms with Crippen molar-refractivity contribution in [2.75, 3.05) is 19.0 Å². The first-order valence-corrected chi connectivity index (χ1v) is 8.53. The van der Waals surface area contributed by atoms with Crippen LogP contribution in [0.5, 0.6) is 5.75 Å². The monoisotopic (exact) mass is 398 g/mol. The maximum Gasteiger partial charge on any atom is 0.442 e. The average Bonchev–Trinajstić information content (AvgIpc) is 3.07. The molecule has 150 valence electrons. The first kappa shape index (κ1) is 19.7. The summed E-state index contributed by atoms with van der Waals surface area (Å²) in [5, 5.41) is 8.70. The molecule has 3 aromatic rings. The number of nitrogens with zero attached hydrogens (tertiary/aromatic N) is 4. The van der Waals surface area contributed by atoms with Gasteiger partial charge in [-0.25, -0.2) is 19.3 Å². The number of anilines is 1. The fraction of sp³-hybridized carbons (Fsp3) is 0.222. The molecule has 0 bridgehead atoms. The van der Waals surface area contributed by atoms with E-state index in [-0.39, 0.29) is 18.2 Å². The first-order chi connectivity index (χ1) is 14.0. The number of carbonyl (C=O) groups excluding carboxylic acids is 2. The average molecular weight is 398 g/mol. The minimum atomic E-state index is -0.837. The molecule has 2 heterocycles. The Labute approximate surface area is 164 Å². The maximum absolute atomic E-state index is 12.2. The summed E-state index contributed by atoms with van der Waals surface area (Å²) in [5.41, 5.74) is 1.43. The number of aryl methyl sites for hydroxylation is 1. The molecule has 0 spiro atoms. The van der Waals surface area contributed by atoms with Crippen LogP contribution in [0.15, 0.2) is 46.0 Å². The zero-order valence-electron chi connectivity index (χ0n) is 15.7. The number of amides is 2. The van der Waals surface area contributed by atoms with Gasteiger partial charge in [-0.2, -0.15) is 0 Å². The van der Waals surface area contributed by atoms with Gasteiger partial charge in [-0.05, 0) is 30.7 Å². The van der Waals surface area contributed by atoms with Crippen LogP contribution in [-0.2, 0) is 16.1 Å². The number of nitrogens with one attached hydrogen (secondary N) is 2. The second-order valence-electron chi connectivity index (χ2n) is 5.96. The van der Waals surface area contributed by atoms with E-state index in [2.05, 4.69) is 30.3 Å². The van der Waals surface area contributed by atoms with Crippen LogP contribution in [0.25, 0.3) is 11.6 Å². The molecule has 0 saturated heterocycles. The number of benzene rings is 1.